The number of likely N-dealkylation sites (tertiary alicyclic amines) is 1. The van der Waals surface area contributed by atoms with Crippen LogP contribution in [0.2, 0.25) is 0 Å². The SMILES string of the molecule is CN(C)CC(=O)N(C)C(C)(C)C(=O)N1CCC2=NCC(=O)C2(C)C1. The van der Waals surface area contributed by atoms with Crippen LogP contribution in [0.15, 0.2) is 4.99 Å². The Bertz CT molecular complexity index is 597. The number of likely N-dealkylation sites (N-methyl/N-ethyl adjacent to an activating group) is 2. The van der Waals surface area contributed by atoms with Gasteiger partial charge in [0.05, 0.1) is 18.5 Å². The summed E-state index contributed by atoms with van der Waals surface area (Å²) in [5.74, 6) is -0.164. The predicted molar refractivity (Wildman–Crippen MR) is 92.0 cm³/mol. The van der Waals surface area contributed by atoms with Crippen LogP contribution in [0, 0.1) is 5.41 Å². The van der Waals surface area contributed by atoms with Gasteiger partial charge in [0, 0.05) is 32.3 Å². The molecule has 2 heterocycles. The first-order chi connectivity index (χ1) is 11.0. The summed E-state index contributed by atoms with van der Waals surface area (Å²) >= 11 is 0. The smallest absolute Gasteiger partial charge is 0.248 e. The number of rotatable bonds is 4. The van der Waals surface area contributed by atoms with Gasteiger partial charge < -0.3 is 14.7 Å². The van der Waals surface area contributed by atoms with E-state index >= 15 is 0 Å². The fraction of sp³-hybridized carbons (Fsp3) is 0.765. The molecule has 24 heavy (non-hydrogen) atoms. The normalized spacial score (nSPS) is 24.0. The number of carbonyl (C=O) groups excluding carboxylic acids is 3. The highest BCUT2D eigenvalue weighted by molar-refractivity contribution is 6.15. The van der Waals surface area contributed by atoms with E-state index in [1.165, 1.54) is 4.90 Å². The van der Waals surface area contributed by atoms with Crippen LogP contribution in [0.25, 0.3) is 0 Å². The fourth-order valence-electron chi connectivity index (χ4n) is 3.31. The molecule has 1 unspecified atom stereocenters. The minimum absolute atomic E-state index is 0.0739. The van der Waals surface area contributed by atoms with E-state index < -0.39 is 11.0 Å². The van der Waals surface area contributed by atoms with Crippen LogP contribution in [0.5, 0.6) is 0 Å². The van der Waals surface area contributed by atoms with Crippen molar-refractivity contribution in [2.75, 3.05) is 47.3 Å². The van der Waals surface area contributed by atoms with Gasteiger partial charge in [-0.3, -0.25) is 19.4 Å². The molecule has 0 bridgehead atoms. The summed E-state index contributed by atoms with van der Waals surface area (Å²) in [5, 5.41) is 0. The van der Waals surface area contributed by atoms with Crippen molar-refractivity contribution in [1.29, 1.82) is 0 Å². The van der Waals surface area contributed by atoms with Gasteiger partial charge in [0.25, 0.3) is 0 Å². The molecular weight excluding hydrogens is 308 g/mol. The Labute approximate surface area is 143 Å². The van der Waals surface area contributed by atoms with Crippen LogP contribution >= 0.6 is 0 Å². The number of Topliss-reactive ketones (excluding diaryl/α,β-unsaturated/α-hetero) is 1. The summed E-state index contributed by atoms with van der Waals surface area (Å²) in [6.07, 6.45) is 0.624. The van der Waals surface area contributed by atoms with Gasteiger partial charge in [-0.05, 0) is 34.9 Å². The molecule has 1 atom stereocenters. The summed E-state index contributed by atoms with van der Waals surface area (Å²) in [6, 6.07) is 0. The largest absolute Gasteiger partial charge is 0.339 e. The van der Waals surface area contributed by atoms with Crippen LogP contribution in [0.3, 0.4) is 0 Å². The lowest BCUT2D eigenvalue weighted by Crippen LogP contribution is -2.61. The van der Waals surface area contributed by atoms with Crippen molar-refractivity contribution >= 4 is 23.3 Å². The second kappa shape index (κ2) is 6.27. The first-order valence-corrected chi connectivity index (χ1v) is 8.28. The fourth-order valence-corrected chi connectivity index (χ4v) is 3.31. The van der Waals surface area contributed by atoms with Gasteiger partial charge >= 0.3 is 0 Å². The zero-order valence-corrected chi connectivity index (χ0v) is 15.5. The number of piperidine rings is 1. The summed E-state index contributed by atoms with van der Waals surface area (Å²) in [4.78, 5) is 46.9. The standard InChI is InChI=1S/C17H28N4O3/c1-16(2,20(6)14(23)10-19(4)5)15(24)21-8-7-12-17(3,11-21)13(22)9-18-12/h7-11H2,1-6H3. The summed E-state index contributed by atoms with van der Waals surface area (Å²) < 4.78 is 0. The molecule has 0 aliphatic carbocycles. The number of hydrogen-bond donors (Lipinski definition) is 0. The Kier molecular flexibility index (Phi) is 4.86. The number of aliphatic imine (C=N–C) groups is 1. The molecule has 0 N–H and O–H groups in total. The van der Waals surface area contributed by atoms with E-state index in [0.29, 0.717) is 19.5 Å². The van der Waals surface area contributed by atoms with E-state index in [1.807, 2.05) is 21.0 Å². The molecule has 2 aliphatic rings. The molecule has 7 nitrogen and oxygen atoms in total. The maximum absolute atomic E-state index is 13.1. The van der Waals surface area contributed by atoms with Crippen molar-refractivity contribution < 1.29 is 14.4 Å². The Morgan fingerprint density at radius 1 is 1.29 bits per heavy atom. The molecule has 0 saturated carbocycles. The molecule has 134 valence electrons. The molecular formula is C17H28N4O3. The first kappa shape index (κ1) is 18.6. The average molecular weight is 336 g/mol. The van der Waals surface area contributed by atoms with Gasteiger partial charge in [-0.2, -0.15) is 0 Å². The topological polar surface area (TPSA) is 73.3 Å². The maximum Gasteiger partial charge on any atom is 0.248 e. The van der Waals surface area contributed by atoms with Crippen molar-refractivity contribution in [3.8, 4) is 0 Å². The third-order valence-corrected chi connectivity index (χ3v) is 5.27. The summed E-state index contributed by atoms with van der Waals surface area (Å²) in [7, 11) is 5.29. The van der Waals surface area contributed by atoms with E-state index in [4.69, 9.17) is 0 Å². The average Bonchev–Trinajstić information content (AvgIpc) is 2.79. The minimum atomic E-state index is -0.959. The molecule has 1 saturated heterocycles. The number of amides is 2. The van der Waals surface area contributed by atoms with E-state index in [2.05, 4.69) is 4.99 Å². The molecule has 2 amide bonds. The van der Waals surface area contributed by atoms with Crippen molar-refractivity contribution in [3.63, 3.8) is 0 Å². The Balaban J connectivity index is 2.14. The van der Waals surface area contributed by atoms with E-state index in [9.17, 15) is 14.4 Å². The summed E-state index contributed by atoms with van der Waals surface area (Å²) in [6.45, 7) is 6.74. The van der Waals surface area contributed by atoms with Gasteiger partial charge in [0.2, 0.25) is 11.8 Å². The third kappa shape index (κ3) is 3.09. The molecule has 0 spiro atoms. The van der Waals surface area contributed by atoms with Gasteiger partial charge in [0.1, 0.15) is 5.54 Å². The van der Waals surface area contributed by atoms with Gasteiger partial charge in [0.15, 0.2) is 5.78 Å². The van der Waals surface area contributed by atoms with E-state index in [1.54, 1.807) is 30.7 Å². The molecule has 0 aromatic carbocycles. The van der Waals surface area contributed by atoms with Crippen LogP contribution in [0.1, 0.15) is 27.2 Å². The lowest BCUT2D eigenvalue weighted by Gasteiger charge is -2.43. The molecule has 0 radical (unpaired) electrons. The Morgan fingerprint density at radius 2 is 1.92 bits per heavy atom. The molecule has 2 aliphatic heterocycles. The summed E-state index contributed by atoms with van der Waals surface area (Å²) in [5.41, 5.74) is -0.706. The van der Waals surface area contributed by atoms with Crippen molar-refractivity contribution in [3.05, 3.63) is 0 Å². The number of fused-ring (bicyclic) bond motifs is 1. The maximum atomic E-state index is 13.1. The lowest BCUT2D eigenvalue weighted by atomic mass is 9.78. The highest BCUT2D eigenvalue weighted by Gasteiger charge is 2.49. The molecule has 0 aromatic heterocycles. The van der Waals surface area contributed by atoms with Crippen LogP contribution < -0.4 is 0 Å². The second-order valence-corrected chi connectivity index (χ2v) is 7.74. The third-order valence-electron chi connectivity index (χ3n) is 5.27. The molecule has 2 rings (SSSR count). The van der Waals surface area contributed by atoms with Crippen molar-refractivity contribution in [2.24, 2.45) is 10.4 Å². The van der Waals surface area contributed by atoms with E-state index in [-0.39, 0.29) is 30.7 Å². The quantitative estimate of drug-likeness (QED) is 0.727. The van der Waals surface area contributed by atoms with Gasteiger partial charge in [-0.15, -0.1) is 0 Å². The van der Waals surface area contributed by atoms with Crippen LogP contribution in [0.4, 0.5) is 0 Å². The van der Waals surface area contributed by atoms with E-state index in [0.717, 1.165) is 5.71 Å². The number of nitrogens with zero attached hydrogens (tertiary/aromatic N) is 4. The first-order valence-electron chi connectivity index (χ1n) is 8.28. The monoisotopic (exact) mass is 336 g/mol. The number of ketones is 1. The number of carbonyl (C=O) groups is 3. The van der Waals surface area contributed by atoms with Gasteiger partial charge in [-0.25, -0.2) is 0 Å². The van der Waals surface area contributed by atoms with Crippen LogP contribution in [-0.4, -0.2) is 90.9 Å². The Morgan fingerprint density at radius 3 is 2.50 bits per heavy atom. The molecule has 7 heteroatoms. The Hall–Kier alpha value is -1.76. The van der Waals surface area contributed by atoms with Crippen molar-refractivity contribution in [1.82, 2.24) is 14.7 Å². The lowest BCUT2D eigenvalue weighted by molar-refractivity contribution is -0.152. The minimum Gasteiger partial charge on any atom is -0.339 e. The van der Waals surface area contributed by atoms with Crippen molar-refractivity contribution in [2.45, 2.75) is 32.7 Å². The molecule has 1 fully saturated rings. The predicted octanol–water partition coefficient (Wildman–Crippen LogP) is 0.0473. The zero-order valence-electron chi connectivity index (χ0n) is 15.5. The highest BCUT2D eigenvalue weighted by atomic mass is 16.2. The molecule has 0 aromatic rings. The zero-order chi connectivity index (χ0) is 18.3. The number of hydrogen-bond acceptors (Lipinski definition) is 5. The highest BCUT2D eigenvalue weighted by Crippen LogP contribution is 2.34. The van der Waals surface area contributed by atoms with Crippen LogP contribution in [-0.2, 0) is 14.4 Å². The second-order valence-electron chi connectivity index (χ2n) is 7.74. The van der Waals surface area contributed by atoms with Gasteiger partial charge in [-0.1, -0.05) is 0 Å².